The van der Waals surface area contributed by atoms with Gasteiger partial charge in [-0.05, 0) is 38.2 Å². The first-order valence-electron chi connectivity index (χ1n) is 8.57. The van der Waals surface area contributed by atoms with Gasteiger partial charge in [0, 0.05) is 11.9 Å². The molecule has 0 saturated heterocycles. The summed E-state index contributed by atoms with van der Waals surface area (Å²) in [6.45, 7) is 1.84. The number of nitrogens with one attached hydrogen (secondary N) is 1. The molecular formula is C17H17ClF3N3O3S. The van der Waals surface area contributed by atoms with E-state index in [2.05, 4.69) is 10.4 Å². The van der Waals surface area contributed by atoms with Crippen molar-refractivity contribution in [2.45, 2.75) is 38.8 Å². The number of hydrogen-bond acceptors (Lipinski definition) is 5. The maximum Gasteiger partial charge on any atom is 0.436 e. The maximum atomic E-state index is 13.0. The van der Waals surface area contributed by atoms with E-state index in [0.717, 1.165) is 34.4 Å². The van der Waals surface area contributed by atoms with Crippen LogP contribution in [0.2, 0.25) is 5.02 Å². The minimum Gasteiger partial charge on any atom is -0.462 e. The topological polar surface area (TPSA) is 73.2 Å². The molecule has 0 radical (unpaired) electrons. The quantitative estimate of drug-likeness (QED) is 0.719. The highest BCUT2D eigenvalue weighted by molar-refractivity contribution is 7.17. The second kappa shape index (κ2) is 7.75. The number of hydrogen-bond donors (Lipinski definition) is 1. The molecule has 0 bridgehead atoms. The molecule has 28 heavy (non-hydrogen) atoms. The van der Waals surface area contributed by atoms with Crippen LogP contribution in [0.15, 0.2) is 0 Å². The van der Waals surface area contributed by atoms with Gasteiger partial charge in [-0.2, -0.15) is 18.3 Å². The fraction of sp³-hybridized carbons (Fsp3) is 0.471. The Kier molecular flexibility index (Phi) is 5.72. The highest BCUT2D eigenvalue weighted by atomic mass is 35.5. The second-order valence-electron chi connectivity index (χ2n) is 6.22. The van der Waals surface area contributed by atoms with Gasteiger partial charge in [-0.1, -0.05) is 11.6 Å². The summed E-state index contributed by atoms with van der Waals surface area (Å²) < 4.78 is 44.8. The van der Waals surface area contributed by atoms with Crippen LogP contribution in [0.1, 0.15) is 56.7 Å². The number of amides is 1. The molecule has 6 nitrogen and oxygen atoms in total. The summed E-state index contributed by atoms with van der Waals surface area (Å²) in [5.41, 5.74) is -0.672. The number of alkyl halides is 3. The van der Waals surface area contributed by atoms with Crippen LogP contribution in [-0.2, 0) is 30.8 Å². The molecule has 0 unspecified atom stereocenters. The fourth-order valence-electron chi connectivity index (χ4n) is 3.16. The van der Waals surface area contributed by atoms with Crippen molar-refractivity contribution in [1.82, 2.24) is 9.78 Å². The maximum absolute atomic E-state index is 13.0. The van der Waals surface area contributed by atoms with Crippen molar-refractivity contribution in [2.75, 3.05) is 11.9 Å². The van der Waals surface area contributed by atoms with Crippen molar-refractivity contribution in [3.63, 3.8) is 0 Å². The van der Waals surface area contributed by atoms with E-state index in [1.54, 1.807) is 6.92 Å². The van der Waals surface area contributed by atoms with Crippen LogP contribution in [-0.4, -0.2) is 28.3 Å². The third-order valence-electron chi connectivity index (χ3n) is 4.35. The van der Waals surface area contributed by atoms with Gasteiger partial charge in [0.05, 0.1) is 12.2 Å². The lowest BCUT2D eigenvalue weighted by molar-refractivity contribution is -0.141. The van der Waals surface area contributed by atoms with E-state index in [9.17, 15) is 22.8 Å². The van der Waals surface area contributed by atoms with E-state index >= 15 is 0 Å². The van der Waals surface area contributed by atoms with Gasteiger partial charge >= 0.3 is 12.1 Å². The van der Waals surface area contributed by atoms with Crippen LogP contribution in [0.5, 0.6) is 0 Å². The molecule has 1 aliphatic rings. The molecule has 0 atom stereocenters. The highest BCUT2D eigenvalue weighted by Crippen LogP contribution is 2.40. The molecule has 0 spiro atoms. The largest absolute Gasteiger partial charge is 0.462 e. The van der Waals surface area contributed by atoms with Crippen LogP contribution in [0.4, 0.5) is 18.2 Å². The lowest BCUT2D eigenvalue weighted by Gasteiger charge is -2.12. The Hall–Kier alpha value is -2.07. The van der Waals surface area contributed by atoms with Crippen molar-refractivity contribution in [1.29, 1.82) is 0 Å². The first-order chi connectivity index (χ1) is 13.1. The average molecular weight is 436 g/mol. The number of halogens is 4. The monoisotopic (exact) mass is 435 g/mol. The lowest BCUT2D eigenvalue weighted by atomic mass is 9.95. The van der Waals surface area contributed by atoms with Gasteiger partial charge in [-0.15, -0.1) is 11.3 Å². The van der Waals surface area contributed by atoms with Gasteiger partial charge in [-0.25, -0.2) is 4.79 Å². The zero-order chi connectivity index (χ0) is 20.6. The zero-order valence-corrected chi connectivity index (χ0v) is 16.6. The Morgan fingerprint density at radius 3 is 2.61 bits per heavy atom. The Morgan fingerprint density at radius 1 is 1.32 bits per heavy atom. The van der Waals surface area contributed by atoms with E-state index < -0.39 is 34.5 Å². The first kappa shape index (κ1) is 20.7. The number of fused-ring (bicyclic) bond motifs is 1. The summed E-state index contributed by atoms with van der Waals surface area (Å²) in [6, 6.07) is 0. The number of esters is 1. The number of carbonyl (C=O) groups is 2. The van der Waals surface area contributed by atoms with Crippen molar-refractivity contribution in [2.24, 2.45) is 7.05 Å². The first-order valence-corrected chi connectivity index (χ1v) is 9.77. The Morgan fingerprint density at radius 2 is 2.00 bits per heavy atom. The van der Waals surface area contributed by atoms with E-state index in [4.69, 9.17) is 16.3 Å². The smallest absolute Gasteiger partial charge is 0.436 e. The van der Waals surface area contributed by atoms with E-state index in [1.807, 2.05) is 0 Å². The summed E-state index contributed by atoms with van der Waals surface area (Å²) in [4.78, 5) is 26.1. The van der Waals surface area contributed by atoms with Crippen LogP contribution in [0.3, 0.4) is 0 Å². The number of anilines is 1. The van der Waals surface area contributed by atoms with Crippen LogP contribution in [0.25, 0.3) is 0 Å². The summed E-state index contributed by atoms with van der Waals surface area (Å²) in [5, 5.41) is 5.31. The molecule has 2 aromatic rings. The summed E-state index contributed by atoms with van der Waals surface area (Å²) >= 11 is 7.01. The molecule has 0 fully saturated rings. The summed E-state index contributed by atoms with van der Waals surface area (Å²) in [5.74, 6) is -1.44. The number of aryl methyl sites for hydroxylation is 2. The third-order valence-corrected chi connectivity index (χ3v) is 5.92. The van der Waals surface area contributed by atoms with Gasteiger partial charge in [0.1, 0.15) is 15.7 Å². The minimum absolute atomic E-state index is 0.166. The summed E-state index contributed by atoms with van der Waals surface area (Å²) in [6.07, 6.45) is -1.46. The third kappa shape index (κ3) is 3.75. The average Bonchev–Trinajstić information content (AvgIpc) is 3.11. The predicted octanol–water partition coefficient (Wildman–Crippen LogP) is 4.46. The van der Waals surface area contributed by atoms with Gasteiger partial charge in [0.25, 0.3) is 5.91 Å². The Bertz CT molecular complexity index is 936. The fourth-order valence-corrected chi connectivity index (χ4v) is 4.79. The number of aromatic nitrogens is 2. The molecule has 11 heteroatoms. The van der Waals surface area contributed by atoms with E-state index in [0.29, 0.717) is 6.42 Å². The molecular weight excluding hydrogens is 419 g/mol. The number of rotatable bonds is 4. The van der Waals surface area contributed by atoms with Gasteiger partial charge < -0.3 is 10.1 Å². The molecule has 1 amide bonds. The van der Waals surface area contributed by atoms with Gasteiger partial charge in [0.15, 0.2) is 5.69 Å². The number of nitrogens with zero attached hydrogens (tertiary/aromatic N) is 2. The summed E-state index contributed by atoms with van der Waals surface area (Å²) in [7, 11) is 1.20. The molecule has 2 aromatic heterocycles. The van der Waals surface area contributed by atoms with E-state index in [-0.39, 0.29) is 17.2 Å². The molecule has 0 aliphatic heterocycles. The molecule has 0 aromatic carbocycles. The second-order valence-corrected chi connectivity index (χ2v) is 7.71. The molecule has 3 rings (SSSR count). The Labute approximate surface area is 167 Å². The zero-order valence-electron chi connectivity index (χ0n) is 15.1. The Balaban J connectivity index is 1.98. The molecule has 1 N–H and O–H groups in total. The minimum atomic E-state index is -4.79. The number of carbonyl (C=O) groups excluding carboxylic acids is 2. The lowest BCUT2D eigenvalue weighted by Crippen LogP contribution is -2.18. The van der Waals surface area contributed by atoms with Crippen LogP contribution < -0.4 is 5.32 Å². The number of ether oxygens (including phenoxy) is 1. The van der Waals surface area contributed by atoms with Crippen molar-refractivity contribution < 1.29 is 27.5 Å². The van der Waals surface area contributed by atoms with Crippen LogP contribution >= 0.6 is 22.9 Å². The predicted molar refractivity (Wildman–Crippen MR) is 98.1 cm³/mol. The number of thiophene rings is 1. The van der Waals surface area contributed by atoms with Gasteiger partial charge in [0.2, 0.25) is 0 Å². The highest BCUT2D eigenvalue weighted by Gasteiger charge is 2.40. The molecule has 152 valence electrons. The molecule has 1 aliphatic carbocycles. The normalized spacial score (nSPS) is 13.9. The SMILES string of the molecule is CCOC(=O)c1c(NC(=O)c2c(Cl)c(C(F)(F)F)nn2C)sc2c1CCCC2. The van der Waals surface area contributed by atoms with Crippen molar-refractivity contribution >= 4 is 39.8 Å². The van der Waals surface area contributed by atoms with Gasteiger partial charge in [-0.3, -0.25) is 9.48 Å². The standard InChI is InChI=1S/C17H17ClF3N3O3S/c1-3-27-16(26)10-8-6-4-5-7-9(8)28-15(10)22-14(25)12-11(18)13(17(19,20)21)23-24(12)2/h3-7H2,1-2H3,(H,22,25). The van der Waals surface area contributed by atoms with Crippen molar-refractivity contribution in [3.05, 3.63) is 32.4 Å². The van der Waals surface area contributed by atoms with Crippen molar-refractivity contribution in [3.8, 4) is 0 Å². The van der Waals surface area contributed by atoms with E-state index in [1.165, 1.54) is 18.4 Å². The molecule has 0 saturated carbocycles. The van der Waals surface area contributed by atoms with Crippen LogP contribution in [0, 0.1) is 0 Å². The molecule has 2 heterocycles.